The molecular formula is C26H31N3O3. The molecule has 0 spiro atoms. The highest BCUT2D eigenvalue weighted by Crippen LogP contribution is 2.38. The normalized spacial score (nSPS) is 25.8. The van der Waals surface area contributed by atoms with E-state index in [0.29, 0.717) is 23.7 Å². The Balaban J connectivity index is 1.59. The number of hydrogen-bond donors (Lipinski definition) is 1. The van der Waals surface area contributed by atoms with Gasteiger partial charge in [0, 0.05) is 23.9 Å². The minimum atomic E-state index is -1.06. The third-order valence-corrected chi connectivity index (χ3v) is 7.35. The maximum absolute atomic E-state index is 13.9. The first-order valence-electron chi connectivity index (χ1n) is 11.6. The number of nitrogens with one attached hydrogen (secondary N) is 1. The summed E-state index contributed by atoms with van der Waals surface area (Å²) in [7, 11) is 0. The largest absolute Gasteiger partial charge is 0.463 e. The molecule has 2 amide bonds. The second kappa shape index (κ2) is 7.54. The van der Waals surface area contributed by atoms with Crippen molar-refractivity contribution in [1.82, 2.24) is 9.88 Å². The third kappa shape index (κ3) is 3.24. The number of benzene rings is 1. The van der Waals surface area contributed by atoms with E-state index in [-0.39, 0.29) is 17.9 Å². The summed E-state index contributed by atoms with van der Waals surface area (Å²) in [6.07, 6.45) is 5.85. The van der Waals surface area contributed by atoms with Crippen LogP contribution < -0.4 is 10.2 Å². The fourth-order valence-corrected chi connectivity index (χ4v) is 5.30. The summed E-state index contributed by atoms with van der Waals surface area (Å²) in [5.74, 6) is 0.437. The number of aryl methyl sites for hydroxylation is 2. The van der Waals surface area contributed by atoms with Gasteiger partial charge in [0.1, 0.15) is 11.2 Å². The van der Waals surface area contributed by atoms with E-state index >= 15 is 0 Å². The number of hydrogen-bond acceptors (Lipinski definition) is 3. The van der Waals surface area contributed by atoms with E-state index in [2.05, 4.69) is 12.2 Å². The molecule has 1 saturated carbocycles. The second-order valence-corrected chi connectivity index (χ2v) is 9.92. The van der Waals surface area contributed by atoms with Gasteiger partial charge in [-0.05, 0) is 69.6 Å². The number of carbonyl (C=O) groups excluding carboxylic acids is 2. The molecule has 1 atom stereocenters. The molecule has 1 aliphatic heterocycles. The zero-order valence-corrected chi connectivity index (χ0v) is 19.3. The molecule has 32 heavy (non-hydrogen) atoms. The Hall–Kier alpha value is -3.02. The molecule has 1 aromatic carbocycles. The van der Waals surface area contributed by atoms with Gasteiger partial charge in [0.2, 0.25) is 5.91 Å². The lowest BCUT2D eigenvalue weighted by atomic mass is 9.86. The van der Waals surface area contributed by atoms with Crippen molar-refractivity contribution in [1.29, 1.82) is 0 Å². The number of amides is 2. The predicted molar refractivity (Wildman–Crippen MR) is 125 cm³/mol. The van der Waals surface area contributed by atoms with Crippen LogP contribution in [0.5, 0.6) is 0 Å². The number of aromatic nitrogens is 1. The summed E-state index contributed by atoms with van der Waals surface area (Å²) >= 11 is 0. The summed E-state index contributed by atoms with van der Waals surface area (Å²) in [5.41, 5.74) is 3.82. The molecule has 1 aliphatic carbocycles. The van der Waals surface area contributed by atoms with Crippen LogP contribution in [0, 0.1) is 19.8 Å². The Bertz CT molecular complexity index is 1200. The van der Waals surface area contributed by atoms with Crippen LogP contribution in [0.4, 0.5) is 5.69 Å². The lowest BCUT2D eigenvalue weighted by Gasteiger charge is -2.45. The van der Waals surface area contributed by atoms with Crippen molar-refractivity contribution in [3.05, 3.63) is 53.4 Å². The summed E-state index contributed by atoms with van der Waals surface area (Å²) in [4.78, 5) is 29.5. The molecule has 168 valence electrons. The van der Waals surface area contributed by atoms with Gasteiger partial charge < -0.3 is 14.3 Å². The van der Waals surface area contributed by atoms with Crippen LogP contribution in [0.3, 0.4) is 0 Å². The molecule has 0 bridgehead atoms. The van der Waals surface area contributed by atoms with Crippen LogP contribution in [0.1, 0.15) is 61.1 Å². The molecule has 6 heteroatoms. The zero-order chi connectivity index (χ0) is 22.6. The van der Waals surface area contributed by atoms with Gasteiger partial charge in [0.25, 0.3) is 5.91 Å². The first-order valence-corrected chi connectivity index (χ1v) is 11.6. The van der Waals surface area contributed by atoms with Crippen molar-refractivity contribution < 1.29 is 14.0 Å². The molecule has 5 rings (SSSR count). The van der Waals surface area contributed by atoms with Gasteiger partial charge in [-0.1, -0.05) is 19.1 Å². The van der Waals surface area contributed by atoms with E-state index in [0.717, 1.165) is 48.0 Å². The maximum atomic E-state index is 13.9. The molecule has 3 aromatic rings. The number of fused-ring (bicyclic) bond motifs is 3. The van der Waals surface area contributed by atoms with E-state index in [1.165, 1.54) is 0 Å². The molecule has 0 radical (unpaired) electrons. The van der Waals surface area contributed by atoms with Gasteiger partial charge in [-0.15, -0.1) is 0 Å². The summed E-state index contributed by atoms with van der Waals surface area (Å²) in [5, 5.41) is 3.30. The van der Waals surface area contributed by atoms with E-state index in [1.807, 2.05) is 49.6 Å². The van der Waals surface area contributed by atoms with Crippen LogP contribution in [0.25, 0.3) is 11.1 Å². The molecule has 6 nitrogen and oxygen atoms in total. The number of furan rings is 1. The van der Waals surface area contributed by atoms with Crippen LogP contribution in [0.2, 0.25) is 0 Å². The second-order valence-electron chi connectivity index (χ2n) is 9.92. The van der Waals surface area contributed by atoms with Crippen LogP contribution in [-0.4, -0.2) is 28.0 Å². The quantitative estimate of drug-likeness (QED) is 0.634. The van der Waals surface area contributed by atoms with Crippen molar-refractivity contribution >= 4 is 28.6 Å². The van der Waals surface area contributed by atoms with Crippen LogP contribution in [-0.2, 0) is 11.3 Å². The minimum Gasteiger partial charge on any atom is -0.463 e. The lowest BCUT2D eigenvalue weighted by molar-refractivity contribution is -0.127. The Morgan fingerprint density at radius 2 is 1.88 bits per heavy atom. The molecule has 0 unspecified atom stereocenters. The van der Waals surface area contributed by atoms with Gasteiger partial charge >= 0.3 is 0 Å². The van der Waals surface area contributed by atoms with E-state index < -0.39 is 5.54 Å². The summed E-state index contributed by atoms with van der Waals surface area (Å²) in [6.45, 7) is 8.53. The van der Waals surface area contributed by atoms with Gasteiger partial charge in [-0.25, -0.2) is 0 Å². The van der Waals surface area contributed by atoms with Crippen LogP contribution in [0.15, 0.2) is 41.0 Å². The highest BCUT2D eigenvalue weighted by Gasteiger charge is 2.49. The number of anilines is 1. The van der Waals surface area contributed by atoms with Gasteiger partial charge in [-0.2, -0.15) is 0 Å². The van der Waals surface area contributed by atoms with Crippen molar-refractivity contribution in [3.63, 3.8) is 0 Å². The molecular weight excluding hydrogens is 402 g/mol. The van der Waals surface area contributed by atoms with Crippen molar-refractivity contribution in [3.8, 4) is 0 Å². The Morgan fingerprint density at radius 3 is 2.62 bits per heavy atom. The maximum Gasteiger partial charge on any atom is 0.276 e. The van der Waals surface area contributed by atoms with Crippen LogP contribution >= 0.6 is 0 Å². The third-order valence-electron chi connectivity index (χ3n) is 7.35. The lowest BCUT2D eigenvalue weighted by Crippen LogP contribution is -2.65. The Morgan fingerprint density at radius 1 is 1.12 bits per heavy atom. The molecule has 3 heterocycles. The zero-order valence-electron chi connectivity index (χ0n) is 19.3. The molecule has 0 saturated heterocycles. The molecule has 1 N–H and O–H groups in total. The topological polar surface area (TPSA) is 67.5 Å². The molecule has 1 fully saturated rings. The number of rotatable bonds is 3. The highest BCUT2D eigenvalue weighted by molar-refractivity contribution is 6.14. The first-order chi connectivity index (χ1) is 15.3. The fraction of sp³-hybridized carbons (Fsp3) is 0.462. The van der Waals surface area contributed by atoms with Crippen molar-refractivity contribution in [2.24, 2.45) is 5.92 Å². The minimum absolute atomic E-state index is 0.0951. The van der Waals surface area contributed by atoms with E-state index in [9.17, 15) is 9.59 Å². The standard InChI is InChI=1S/C26H31N3O3/c1-16-6-9-19(10-7-16)27-25(31)26(4)15-28-20-11-12-32-23(20)14-22(28)24(30)29(26)21-13-17(2)5-8-18(21)3/h5,8,11-14,16,19H,6-7,9-10,15H2,1-4H3,(H,27,31)/t16?,19?,26-/m0/s1. The summed E-state index contributed by atoms with van der Waals surface area (Å²) in [6, 6.07) is 9.85. The number of carbonyl (C=O) groups is 2. The highest BCUT2D eigenvalue weighted by atomic mass is 16.3. The number of nitrogens with zero attached hydrogens (tertiary/aromatic N) is 2. The van der Waals surface area contributed by atoms with E-state index in [1.54, 1.807) is 17.2 Å². The smallest absolute Gasteiger partial charge is 0.276 e. The van der Waals surface area contributed by atoms with E-state index in [4.69, 9.17) is 4.42 Å². The average Bonchev–Trinajstić information content (AvgIpc) is 3.35. The summed E-state index contributed by atoms with van der Waals surface area (Å²) < 4.78 is 7.51. The van der Waals surface area contributed by atoms with Gasteiger partial charge in [0.15, 0.2) is 5.58 Å². The monoisotopic (exact) mass is 433 g/mol. The van der Waals surface area contributed by atoms with Crippen molar-refractivity contribution in [2.45, 2.75) is 71.5 Å². The fourth-order valence-electron chi connectivity index (χ4n) is 5.30. The SMILES string of the molecule is Cc1ccc(C)c(N2C(=O)c3cc4occc4n3C[C@@]2(C)C(=O)NC2CCC(C)CC2)c1. The Labute approximate surface area is 188 Å². The Kier molecular flexibility index (Phi) is 4.91. The molecule has 2 aromatic heterocycles. The average molecular weight is 434 g/mol. The predicted octanol–water partition coefficient (Wildman–Crippen LogP) is 4.97. The van der Waals surface area contributed by atoms with Crippen molar-refractivity contribution in [2.75, 3.05) is 4.90 Å². The van der Waals surface area contributed by atoms with Gasteiger partial charge in [-0.3, -0.25) is 14.5 Å². The molecule has 2 aliphatic rings. The first kappa shape index (κ1) is 20.9. The van der Waals surface area contributed by atoms with Gasteiger partial charge in [0.05, 0.1) is 18.3 Å².